The molecule has 0 aliphatic carbocycles. The first-order valence-corrected chi connectivity index (χ1v) is 7.79. The van der Waals surface area contributed by atoms with E-state index < -0.39 is 0 Å². The molecule has 0 fully saturated rings. The van der Waals surface area contributed by atoms with Gasteiger partial charge < -0.3 is 14.8 Å². The van der Waals surface area contributed by atoms with E-state index in [0.29, 0.717) is 18.4 Å². The fourth-order valence-corrected chi connectivity index (χ4v) is 1.85. The minimum absolute atomic E-state index is 0.0350. The Balaban J connectivity index is 2.35. The van der Waals surface area contributed by atoms with Gasteiger partial charge in [0.1, 0.15) is 5.75 Å². The quantitative estimate of drug-likeness (QED) is 0.530. The second kappa shape index (κ2) is 10.2. The Morgan fingerprint density at radius 1 is 1.19 bits per heavy atom. The Morgan fingerprint density at radius 3 is 2.52 bits per heavy atom. The number of benzene rings is 1. The molecule has 1 N–H and O–H groups in total. The Bertz CT molecular complexity index is 403. The first-order valence-electron chi connectivity index (χ1n) is 7.79. The zero-order valence-electron chi connectivity index (χ0n) is 13.4. The van der Waals surface area contributed by atoms with Crippen molar-refractivity contribution in [2.24, 2.45) is 0 Å². The van der Waals surface area contributed by atoms with E-state index in [1.807, 2.05) is 24.3 Å². The summed E-state index contributed by atoms with van der Waals surface area (Å²) in [6, 6.07) is 8.13. The highest BCUT2D eigenvalue weighted by Gasteiger charge is 2.06. The molecule has 1 aromatic carbocycles. The van der Waals surface area contributed by atoms with E-state index in [0.717, 1.165) is 25.8 Å². The molecule has 0 radical (unpaired) electrons. The third kappa shape index (κ3) is 7.14. The highest BCUT2D eigenvalue weighted by atomic mass is 16.6. The number of carbonyl (C=O) groups excluding carboxylic acids is 1. The molecule has 118 valence electrons. The Morgan fingerprint density at radius 2 is 1.90 bits per heavy atom. The molecule has 1 unspecified atom stereocenters. The van der Waals surface area contributed by atoms with Gasteiger partial charge in [0.2, 0.25) is 0 Å². The van der Waals surface area contributed by atoms with E-state index in [1.54, 1.807) is 0 Å². The fourth-order valence-electron chi connectivity index (χ4n) is 1.85. The number of esters is 1. The Labute approximate surface area is 127 Å². The zero-order valence-corrected chi connectivity index (χ0v) is 13.4. The van der Waals surface area contributed by atoms with E-state index in [9.17, 15) is 4.79 Å². The first kappa shape index (κ1) is 17.5. The maximum Gasteiger partial charge on any atom is 0.344 e. The molecule has 4 heteroatoms. The highest BCUT2D eigenvalue weighted by Crippen LogP contribution is 2.17. The summed E-state index contributed by atoms with van der Waals surface area (Å²) in [7, 11) is 0. The standard InChI is InChI=1S/C17H27NO3/c1-4-6-12-20-17(19)13-21-16-9-7-15(8-10-16)14(3)18-11-5-2/h7-10,14,18H,4-6,11-13H2,1-3H3. The zero-order chi connectivity index (χ0) is 15.5. The molecule has 0 heterocycles. The van der Waals surface area contributed by atoms with Crippen molar-refractivity contribution < 1.29 is 14.3 Å². The van der Waals surface area contributed by atoms with Gasteiger partial charge in [-0.1, -0.05) is 32.4 Å². The number of unbranched alkanes of at least 4 members (excludes halogenated alkanes) is 1. The number of nitrogens with one attached hydrogen (secondary N) is 1. The SMILES string of the molecule is CCCCOC(=O)COc1ccc(C(C)NCCC)cc1. The molecule has 0 saturated heterocycles. The van der Waals surface area contributed by atoms with Crippen LogP contribution in [-0.2, 0) is 9.53 Å². The van der Waals surface area contributed by atoms with Gasteiger partial charge in [0, 0.05) is 6.04 Å². The molecule has 0 saturated carbocycles. The van der Waals surface area contributed by atoms with Crippen molar-refractivity contribution in [1.29, 1.82) is 0 Å². The van der Waals surface area contributed by atoms with E-state index in [1.165, 1.54) is 5.56 Å². The topological polar surface area (TPSA) is 47.6 Å². The van der Waals surface area contributed by atoms with Gasteiger partial charge in [0.25, 0.3) is 0 Å². The van der Waals surface area contributed by atoms with E-state index in [2.05, 4.69) is 26.1 Å². The lowest BCUT2D eigenvalue weighted by atomic mass is 10.1. The minimum Gasteiger partial charge on any atom is -0.482 e. The second-order valence-corrected chi connectivity index (χ2v) is 5.11. The van der Waals surface area contributed by atoms with Crippen LogP contribution in [-0.4, -0.2) is 25.7 Å². The minimum atomic E-state index is -0.314. The van der Waals surface area contributed by atoms with Crippen molar-refractivity contribution >= 4 is 5.97 Å². The number of hydrogen-bond donors (Lipinski definition) is 1. The van der Waals surface area contributed by atoms with Crippen molar-refractivity contribution in [3.05, 3.63) is 29.8 Å². The molecular weight excluding hydrogens is 266 g/mol. The summed E-state index contributed by atoms with van der Waals surface area (Å²) >= 11 is 0. The van der Waals surface area contributed by atoms with Gasteiger partial charge in [0.05, 0.1) is 6.61 Å². The van der Waals surface area contributed by atoms with Gasteiger partial charge in [-0.3, -0.25) is 0 Å². The average molecular weight is 293 g/mol. The van der Waals surface area contributed by atoms with Crippen LogP contribution in [0.25, 0.3) is 0 Å². The van der Waals surface area contributed by atoms with Crippen LogP contribution in [0.1, 0.15) is 51.6 Å². The third-order valence-corrected chi connectivity index (χ3v) is 3.20. The van der Waals surface area contributed by atoms with Gasteiger partial charge in [-0.25, -0.2) is 4.79 Å². The summed E-state index contributed by atoms with van der Waals surface area (Å²) in [4.78, 5) is 11.4. The van der Waals surface area contributed by atoms with Crippen LogP contribution in [0.4, 0.5) is 0 Å². The van der Waals surface area contributed by atoms with Crippen LogP contribution in [0.3, 0.4) is 0 Å². The molecular formula is C17H27NO3. The van der Waals surface area contributed by atoms with Crippen LogP contribution < -0.4 is 10.1 Å². The van der Waals surface area contributed by atoms with Crippen molar-refractivity contribution in [3.8, 4) is 5.75 Å². The van der Waals surface area contributed by atoms with Gasteiger partial charge in [-0.2, -0.15) is 0 Å². The number of hydrogen-bond acceptors (Lipinski definition) is 4. The van der Waals surface area contributed by atoms with E-state index >= 15 is 0 Å². The summed E-state index contributed by atoms with van der Waals surface area (Å²) in [5, 5.41) is 3.43. The van der Waals surface area contributed by atoms with Gasteiger partial charge in [-0.15, -0.1) is 0 Å². The normalized spacial score (nSPS) is 12.0. The van der Waals surface area contributed by atoms with Crippen LogP contribution in [0.2, 0.25) is 0 Å². The molecule has 0 aliphatic rings. The van der Waals surface area contributed by atoms with Crippen LogP contribution in [0.15, 0.2) is 24.3 Å². The molecule has 0 spiro atoms. The summed E-state index contributed by atoms with van der Waals surface area (Å²) in [5.74, 6) is 0.374. The van der Waals surface area contributed by atoms with Crippen LogP contribution >= 0.6 is 0 Å². The Hall–Kier alpha value is -1.55. The van der Waals surface area contributed by atoms with E-state index in [4.69, 9.17) is 9.47 Å². The molecule has 0 aromatic heterocycles. The first-order chi connectivity index (χ1) is 10.2. The largest absolute Gasteiger partial charge is 0.482 e. The lowest BCUT2D eigenvalue weighted by molar-refractivity contribution is -0.146. The van der Waals surface area contributed by atoms with Gasteiger partial charge in [0.15, 0.2) is 6.61 Å². The van der Waals surface area contributed by atoms with Crippen LogP contribution in [0.5, 0.6) is 5.75 Å². The molecule has 1 atom stereocenters. The lowest BCUT2D eigenvalue weighted by Crippen LogP contribution is -2.19. The number of carbonyl (C=O) groups is 1. The Kier molecular flexibility index (Phi) is 8.51. The van der Waals surface area contributed by atoms with Crippen molar-refractivity contribution in [3.63, 3.8) is 0 Å². The smallest absolute Gasteiger partial charge is 0.344 e. The predicted octanol–water partition coefficient (Wildman–Crippen LogP) is 3.47. The van der Waals surface area contributed by atoms with Crippen molar-refractivity contribution in [2.45, 2.75) is 46.1 Å². The summed E-state index contributed by atoms with van der Waals surface area (Å²) in [6.07, 6.45) is 3.02. The fraction of sp³-hybridized carbons (Fsp3) is 0.588. The van der Waals surface area contributed by atoms with Gasteiger partial charge >= 0.3 is 5.97 Å². The number of ether oxygens (including phenoxy) is 2. The monoisotopic (exact) mass is 293 g/mol. The molecule has 21 heavy (non-hydrogen) atoms. The maximum atomic E-state index is 11.4. The molecule has 1 rings (SSSR count). The average Bonchev–Trinajstić information content (AvgIpc) is 2.51. The predicted molar refractivity (Wildman–Crippen MR) is 84.5 cm³/mol. The highest BCUT2D eigenvalue weighted by molar-refractivity contribution is 5.71. The van der Waals surface area contributed by atoms with Gasteiger partial charge in [-0.05, 0) is 44.0 Å². The summed E-state index contributed by atoms with van der Waals surface area (Å²) in [5.41, 5.74) is 1.21. The number of rotatable bonds is 10. The lowest BCUT2D eigenvalue weighted by Gasteiger charge is -2.14. The van der Waals surface area contributed by atoms with Crippen LogP contribution in [0, 0.1) is 0 Å². The van der Waals surface area contributed by atoms with Crippen molar-refractivity contribution in [2.75, 3.05) is 19.8 Å². The molecule has 0 amide bonds. The molecule has 4 nitrogen and oxygen atoms in total. The summed E-state index contributed by atoms with van der Waals surface area (Å²) in [6.45, 7) is 7.78. The third-order valence-electron chi connectivity index (χ3n) is 3.20. The molecule has 0 aliphatic heterocycles. The molecule has 0 bridgehead atoms. The van der Waals surface area contributed by atoms with E-state index in [-0.39, 0.29) is 12.6 Å². The second-order valence-electron chi connectivity index (χ2n) is 5.11. The molecule has 1 aromatic rings. The summed E-state index contributed by atoms with van der Waals surface area (Å²) < 4.78 is 10.5. The maximum absolute atomic E-state index is 11.4. The van der Waals surface area contributed by atoms with Crippen molar-refractivity contribution in [1.82, 2.24) is 5.32 Å².